The third-order valence-corrected chi connectivity index (χ3v) is 1.83. The van der Waals surface area contributed by atoms with Crippen molar-refractivity contribution in [2.45, 2.75) is 0 Å². The van der Waals surface area contributed by atoms with Gasteiger partial charge in [0.1, 0.15) is 6.61 Å². The van der Waals surface area contributed by atoms with E-state index in [2.05, 4.69) is 15.2 Å². The molecule has 0 spiro atoms. The number of carbonyl (C=O) groups is 1. The van der Waals surface area contributed by atoms with Crippen LogP contribution in [-0.4, -0.2) is 30.7 Å². The SMILES string of the molecule is COCC(=O)Nc1cccc(C(N)=NO)c1. The minimum Gasteiger partial charge on any atom is -0.409 e. The van der Waals surface area contributed by atoms with E-state index in [1.807, 2.05) is 0 Å². The number of hydrogen-bond donors (Lipinski definition) is 3. The van der Waals surface area contributed by atoms with Gasteiger partial charge in [-0.15, -0.1) is 0 Å². The summed E-state index contributed by atoms with van der Waals surface area (Å²) in [5.41, 5.74) is 6.50. The molecule has 1 aromatic carbocycles. The number of anilines is 1. The van der Waals surface area contributed by atoms with Gasteiger partial charge in [0.05, 0.1) is 0 Å². The monoisotopic (exact) mass is 223 g/mol. The van der Waals surface area contributed by atoms with Crippen molar-refractivity contribution in [3.05, 3.63) is 29.8 Å². The first-order valence-corrected chi connectivity index (χ1v) is 4.54. The zero-order valence-electron chi connectivity index (χ0n) is 8.80. The van der Waals surface area contributed by atoms with Crippen molar-refractivity contribution in [2.24, 2.45) is 10.9 Å². The lowest BCUT2D eigenvalue weighted by molar-refractivity contribution is -0.119. The van der Waals surface area contributed by atoms with Gasteiger partial charge < -0.3 is 21.0 Å². The molecule has 0 aliphatic heterocycles. The number of carbonyl (C=O) groups excluding carboxylic acids is 1. The fourth-order valence-electron chi connectivity index (χ4n) is 1.14. The van der Waals surface area contributed by atoms with Gasteiger partial charge in [-0.05, 0) is 12.1 Å². The van der Waals surface area contributed by atoms with E-state index in [9.17, 15) is 4.79 Å². The Balaban J connectivity index is 2.79. The van der Waals surface area contributed by atoms with Crippen LogP contribution in [0.25, 0.3) is 0 Å². The van der Waals surface area contributed by atoms with Gasteiger partial charge in [0.25, 0.3) is 0 Å². The van der Waals surface area contributed by atoms with Crippen LogP contribution in [0.3, 0.4) is 0 Å². The molecule has 0 saturated heterocycles. The molecule has 4 N–H and O–H groups in total. The highest BCUT2D eigenvalue weighted by Gasteiger charge is 2.03. The van der Waals surface area contributed by atoms with E-state index < -0.39 is 0 Å². The van der Waals surface area contributed by atoms with Crippen LogP contribution in [0.5, 0.6) is 0 Å². The quantitative estimate of drug-likeness (QED) is 0.297. The zero-order valence-corrected chi connectivity index (χ0v) is 8.80. The van der Waals surface area contributed by atoms with Crippen molar-refractivity contribution in [3.8, 4) is 0 Å². The lowest BCUT2D eigenvalue weighted by Crippen LogP contribution is -2.18. The number of amidine groups is 1. The molecule has 0 fully saturated rings. The Morgan fingerprint density at radius 1 is 1.62 bits per heavy atom. The van der Waals surface area contributed by atoms with Gasteiger partial charge in [0.2, 0.25) is 5.91 Å². The summed E-state index contributed by atoms with van der Waals surface area (Å²) in [6, 6.07) is 6.65. The van der Waals surface area contributed by atoms with E-state index in [0.29, 0.717) is 11.3 Å². The Kier molecular flexibility index (Phi) is 4.28. The molecular formula is C10H13N3O3. The molecule has 6 nitrogen and oxygen atoms in total. The van der Waals surface area contributed by atoms with Crippen molar-refractivity contribution in [3.63, 3.8) is 0 Å². The van der Waals surface area contributed by atoms with Gasteiger partial charge in [0, 0.05) is 18.4 Å². The zero-order chi connectivity index (χ0) is 12.0. The van der Waals surface area contributed by atoms with Crippen molar-refractivity contribution in [1.82, 2.24) is 0 Å². The standard InChI is InChI=1S/C10H13N3O3/c1-16-6-9(14)12-8-4-2-3-7(5-8)10(11)13-15/h2-5,15H,6H2,1H3,(H2,11,13)(H,12,14). The number of rotatable bonds is 4. The molecule has 1 amide bonds. The topological polar surface area (TPSA) is 96.9 Å². The maximum Gasteiger partial charge on any atom is 0.250 e. The highest BCUT2D eigenvalue weighted by atomic mass is 16.5. The summed E-state index contributed by atoms with van der Waals surface area (Å²) >= 11 is 0. The fraction of sp³-hybridized carbons (Fsp3) is 0.200. The number of amides is 1. The number of nitrogens with one attached hydrogen (secondary N) is 1. The average molecular weight is 223 g/mol. The van der Waals surface area contributed by atoms with E-state index >= 15 is 0 Å². The van der Waals surface area contributed by atoms with Crippen molar-refractivity contribution >= 4 is 17.4 Å². The van der Waals surface area contributed by atoms with Crippen LogP contribution >= 0.6 is 0 Å². The number of methoxy groups -OCH3 is 1. The summed E-state index contributed by atoms with van der Waals surface area (Å²) in [7, 11) is 1.44. The molecule has 16 heavy (non-hydrogen) atoms. The van der Waals surface area contributed by atoms with E-state index in [1.165, 1.54) is 7.11 Å². The molecule has 1 aromatic rings. The second-order valence-corrected chi connectivity index (χ2v) is 3.05. The predicted molar refractivity (Wildman–Crippen MR) is 59.5 cm³/mol. The number of benzene rings is 1. The Morgan fingerprint density at radius 3 is 3.00 bits per heavy atom. The van der Waals surface area contributed by atoms with Crippen LogP contribution in [0.1, 0.15) is 5.56 Å². The van der Waals surface area contributed by atoms with Gasteiger partial charge in [-0.2, -0.15) is 0 Å². The Labute approximate surface area is 92.7 Å². The molecule has 0 saturated carbocycles. The predicted octanol–water partition coefficient (Wildman–Crippen LogP) is 0.366. The average Bonchev–Trinajstić information content (AvgIpc) is 2.28. The maximum absolute atomic E-state index is 11.2. The normalized spacial score (nSPS) is 11.2. The number of nitrogens with zero attached hydrogens (tertiary/aromatic N) is 1. The van der Waals surface area contributed by atoms with Crippen molar-refractivity contribution in [2.75, 3.05) is 19.0 Å². The number of nitrogens with two attached hydrogens (primary N) is 1. The highest BCUT2D eigenvalue weighted by Crippen LogP contribution is 2.10. The second-order valence-electron chi connectivity index (χ2n) is 3.05. The van der Waals surface area contributed by atoms with Crippen LogP contribution < -0.4 is 11.1 Å². The number of hydrogen-bond acceptors (Lipinski definition) is 4. The fourth-order valence-corrected chi connectivity index (χ4v) is 1.14. The minimum atomic E-state index is -0.265. The molecule has 86 valence electrons. The minimum absolute atomic E-state index is 0.0113. The largest absolute Gasteiger partial charge is 0.409 e. The Morgan fingerprint density at radius 2 is 2.38 bits per heavy atom. The van der Waals surface area contributed by atoms with Gasteiger partial charge >= 0.3 is 0 Å². The molecule has 0 atom stereocenters. The summed E-state index contributed by atoms with van der Waals surface area (Å²) in [6.45, 7) is -0.0200. The Bertz CT molecular complexity index is 404. The Hall–Kier alpha value is -2.08. The van der Waals surface area contributed by atoms with Gasteiger partial charge in [-0.25, -0.2) is 0 Å². The molecule has 0 heterocycles. The molecular weight excluding hydrogens is 210 g/mol. The van der Waals surface area contributed by atoms with Crippen LogP contribution in [0, 0.1) is 0 Å². The summed E-state index contributed by atoms with van der Waals surface area (Å²) in [4.78, 5) is 11.2. The lowest BCUT2D eigenvalue weighted by atomic mass is 10.2. The molecule has 0 aliphatic carbocycles. The third kappa shape index (κ3) is 3.25. The molecule has 1 rings (SSSR count). The molecule has 0 bridgehead atoms. The molecule has 0 unspecified atom stereocenters. The summed E-state index contributed by atoms with van der Waals surface area (Å²) in [6.07, 6.45) is 0. The van der Waals surface area contributed by atoms with Crippen LogP contribution in [0.4, 0.5) is 5.69 Å². The van der Waals surface area contributed by atoms with Crippen molar-refractivity contribution < 1.29 is 14.7 Å². The molecule has 6 heteroatoms. The van der Waals surface area contributed by atoms with Gasteiger partial charge in [-0.1, -0.05) is 17.3 Å². The van der Waals surface area contributed by atoms with Crippen LogP contribution in [-0.2, 0) is 9.53 Å². The first-order valence-electron chi connectivity index (χ1n) is 4.54. The van der Waals surface area contributed by atoms with Crippen molar-refractivity contribution in [1.29, 1.82) is 0 Å². The van der Waals surface area contributed by atoms with Crippen LogP contribution in [0.15, 0.2) is 29.4 Å². The third-order valence-electron chi connectivity index (χ3n) is 1.83. The summed E-state index contributed by atoms with van der Waals surface area (Å²) in [5.74, 6) is -0.276. The number of ether oxygens (including phenoxy) is 1. The van der Waals surface area contributed by atoms with E-state index in [1.54, 1.807) is 24.3 Å². The van der Waals surface area contributed by atoms with Gasteiger partial charge in [-0.3, -0.25) is 4.79 Å². The van der Waals surface area contributed by atoms with E-state index in [0.717, 1.165) is 0 Å². The lowest BCUT2D eigenvalue weighted by Gasteiger charge is -2.06. The van der Waals surface area contributed by atoms with Crippen LogP contribution in [0.2, 0.25) is 0 Å². The van der Waals surface area contributed by atoms with E-state index in [-0.39, 0.29) is 18.3 Å². The van der Waals surface area contributed by atoms with E-state index in [4.69, 9.17) is 10.9 Å². The summed E-state index contributed by atoms with van der Waals surface area (Å²) in [5, 5.41) is 14.0. The molecule has 0 radical (unpaired) electrons. The second kappa shape index (κ2) is 5.72. The molecule has 0 aliphatic rings. The first-order chi connectivity index (χ1) is 7.67. The number of oxime groups is 1. The maximum atomic E-state index is 11.2. The molecule has 0 aromatic heterocycles. The first kappa shape index (κ1) is 12.0. The smallest absolute Gasteiger partial charge is 0.250 e. The highest BCUT2D eigenvalue weighted by molar-refractivity contribution is 5.99. The van der Waals surface area contributed by atoms with Gasteiger partial charge in [0.15, 0.2) is 5.84 Å². The summed E-state index contributed by atoms with van der Waals surface area (Å²) < 4.78 is 4.67.